The number of nitrogens with zero attached hydrogens (tertiary/aromatic N) is 2. The van der Waals surface area contributed by atoms with Crippen molar-refractivity contribution in [3.63, 3.8) is 0 Å². The van der Waals surface area contributed by atoms with E-state index in [0.717, 1.165) is 11.3 Å². The molecule has 4 nitrogen and oxygen atoms in total. The van der Waals surface area contributed by atoms with E-state index in [1.54, 1.807) is 28.8 Å². The fourth-order valence-corrected chi connectivity index (χ4v) is 3.92. The summed E-state index contributed by atoms with van der Waals surface area (Å²) in [5.41, 5.74) is 7.30. The Morgan fingerprint density at radius 1 is 1.00 bits per heavy atom. The minimum absolute atomic E-state index is 0.298. The number of thioether (sulfide) groups is 1. The van der Waals surface area contributed by atoms with Gasteiger partial charge in [-0.15, -0.1) is 0 Å². The van der Waals surface area contributed by atoms with Crippen molar-refractivity contribution < 1.29 is 0 Å². The first-order valence-corrected chi connectivity index (χ1v) is 9.28. The quantitative estimate of drug-likeness (QED) is 0.480. The first-order chi connectivity index (χ1) is 11.9. The molecule has 0 saturated carbocycles. The fraction of sp³-hybridized carbons (Fsp3) is 0.0588. The average molecular weight is 413 g/mol. The van der Waals surface area contributed by atoms with Crippen molar-refractivity contribution in [1.29, 1.82) is 0 Å². The van der Waals surface area contributed by atoms with Gasteiger partial charge in [-0.25, -0.2) is 0 Å². The Morgan fingerprint density at radius 2 is 1.68 bits per heavy atom. The van der Waals surface area contributed by atoms with Gasteiger partial charge in [-0.05, 0) is 42.0 Å². The van der Waals surface area contributed by atoms with Gasteiger partial charge in [-0.2, -0.15) is 4.98 Å². The standard InChI is InChI=1S/C17H12Cl3N3OS/c18-11-3-5-13(6-4-11)23-15(21)8-16(24)22-17(23)25-9-10-1-2-12(19)7-14(10)20/h1-8H,9,21H2. The molecule has 1 aromatic heterocycles. The van der Waals surface area contributed by atoms with Gasteiger partial charge in [0.1, 0.15) is 5.82 Å². The molecule has 0 aliphatic carbocycles. The summed E-state index contributed by atoms with van der Waals surface area (Å²) in [5, 5.41) is 2.21. The van der Waals surface area contributed by atoms with Crippen molar-refractivity contribution in [2.45, 2.75) is 10.9 Å². The maximum atomic E-state index is 11.8. The Bertz CT molecular complexity index is 974. The molecule has 0 aliphatic rings. The lowest BCUT2D eigenvalue weighted by Gasteiger charge is -2.15. The molecule has 2 aromatic carbocycles. The van der Waals surface area contributed by atoms with Crippen LogP contribution in [0.3, 0.4) is 0 Å². The lowest BCUT2D eigenvalue weighted by Crippen LogP contribution is -2.16. The highest BCUT2D eigenvalue weighted by Crippen LogP contribution is 2.29. The van der Waals surface area contributed by atoms with Crippen LogP contribution in [0.4, 0.5) is 5.82 Å². The number of nitrogens with two attached hydrogens (primary N) is 1. The van der Waals surface area contributed by atoms with Crippen molar-refractivity contribution in [3.05, 3.63) is 79.5 Å². The van der Waals surface area contributed by atoms with E-state index in [-0.39, 0.29) is 0 Å². The molecule has 0 bridgehead atoms. The lowest BCUT2D eigenvalue weighted by molar-refractivity contribution is 0.823. The molecule has 0 amide bonds. The van der Waals surface area contributed by atoms with Crippen molar-refractivity contribution in [1.82, 2.24) is 9.55 Å². The van der Waals surface area contributed by atoms with Crippen LogP contribution in [-0.4, -0.2) is 9.55 Å². The highest BCUT2D eigenvalue weighted by atomic mass is 35.5. The third-order valence-corrected chi connectivity index (χ3v) is 5.21. The zero-order chi connectivity index (χ0) is 18.0. The Kier molecular flexibility index (Phi) is 5.59. The molecule has 0 spiro atoms. The molecule has 128 valence electrons. The summed E-state index contributed by atoms with van der Waals surface area (Å²) in [6, 6.07) is 13.7. The van der Waals surface area contributed by atoms with Crippen LogP contribution in [0.25, 0.3) is 5.69 Å². The van der Waals surface area contributed by atoms with Crippen LogP contribution in [-0.2, 0) is 5.75 Å². The maximum absolute atomic E-state index is 11.8. The van der Waals surface area contributed by atoms with Gasteiger partial charge in [0.25, 0.3) is 5.56 Å². The van der Waals surface area contributed by atoms with E-state index in [1.807, 2.05) is 18.2 Å². The van der Waals surface area contributed by atoms with Crippen molar-refractivity contribution >= 4 is 52.4 Å². The van der Waals surface area contributed by atoms with Gasteiger partial charge in [-0.3, -0.25) is 9.36 Å². The Labute approximate surface area is 163 Å². The second-order valence-corrected chi connectivity index (χ2v) is 7.36. The second-order valence-electron chi connectivity index (χ2n) is 5.14. The van der Waals surface area contributed by atoms with Gasteiger partial charge in [0.2, 0.25) is 0 Å². The molecule has 1 heterocycles. The third-order valence-electron chi connectivity index (χ3n) is 3.38. The molecule has 0 fully saturated rings. The van der Waals surface area contributed by atoms with E-state index in [0.29, 0.717) is 31.8 Å². The summed E-state index contributed by atoms with van der Waals surface area (Å²) in [5.74, 6) is 0.812. The van der Waals surface area contributed by atoms with Crippen LogP contribution in [0.5, 0.6) is 0 Å². The number of aromatic nitrogens is 2. The Balaban J connectivity index is 1.97. The van der Waals surface area contributed by atoms with Gasteiger partial charge in [-0.1, -0.05) is 52.6 Å². The molecule has 2 N–H and O–H groups in total. The summed E-state index contributed by atoms with van der Waals surface area (Å²) >= 11 is 19.4. The molecule has 0 saturated heterocycles. The van der Waals surface area contributed by atoms with Crippen molar-refractivity contribution in [2.75, 3.05) is 5.73 Å². The summed E-state index contributed by atoms with van der Waals surface area (Å²) < 4.78 is 1.70. The smallest absolute Gasteiger partial charge is 0.275 e. The largest absolute Gasteiger partial charge is 0.385 e. The van der Waals surface area contributed by atoms with Gasteiger partial charge in [0.05, 0.1) is 0 Å². The van der Waals surface area contributed by atoms with Crippen LogP contribution >= 0.6 is 46.6 Å². The zero-order valence-electron chi connectivity index (χ0n) is 12.7. The number of halogens is 3. The third kappa shape index (κ3) is 4.30. The summed E-state index contributed by atoms with van der Waals surface area (Å²) in [4.78, 5) is 15.9. The molecule has 0 atom stereocenters. The van der Waals surface area contributed by atoms with Crippen LogP contribution in [0.15, 0.2) is 58.5 Å². The highest BCUT2D eigenvalue weighted by molar-refractivity contribution is 7.98. The summed E-state index contributed by atoms with van der Waals surface area (Å²) in [7, 11) is 0. The van der Waals surface area contributed by atoms with E-state index < -0.39 is 5.56 Å². The minimum Gasteiger partial charge on any atom is -0.385 e. The number of anilines is 1. The van der Waals surface area contributed by atoms with Crippen LogP contribution in [0.2, 0.25) is 15.1 Å². The number of benzene rings is 2. The van der Waals surface area contributed by atoms with Crippen molar-refractivity contribution in [3.8, 4) is 5.69 Å². The summed E-state index contributed by atoms with van der Waals surface area (Å²) in [6.07, 6.45) is 0. The number of hydrogen-bond acceptors (Lipinski definition) is 4. The van der Waals surface area contributed by atoms with Gasteiger partial charge >= 0.3 is 0 Å². The lowest BCUT2D eigenvalue weighted by atomic mass is 10.2. The zero-order valence-corrected chi connectivity index (χ0v) is 15.8. The van der Waals surface area contributed by atoms with E-state index in [1.165, 1.54) is 17.8 Å². The summed E-state index contributed by atoms with van der Waals surface area (Å²) in [6.45, 7) is 0. The molecule has 0 radical (unpaired) electrons. The van der Waals surface area contributed by atoms with Gasteiger partial charge in [0, 0.05) is 32.6 Å². The first kappa shape index (κ1) is 18.1. The first-order valence-electron chi connectivity index (χ1n) is 7.16. The number of rotatable bonds is 4. The molecule has 3 aromatic rings. The monoisotopic (exact) mass is 411 g/mol. The van der Waals surface area contributed by atoms with E-state index in [9.17, 15) is 4.79 Å². The van der Waals surface area contributed by atoms with Crippen molar-refractivity contribution in [2.24, 2.45) is 0 Å². The highest BCUT2D eigenvalue weighted by Gasteiger charge is 2.12. The second kappa shape index (κ2) is 7.70. The van der Waals surface area contributed by atoms with Gasteiger partial charge < -0.3 is 5.73 Å². The van der Waals surface area contributed by atoms with E-state index >= 15 is 0 Å². The molecule has 3 rings (SSSR count). The predicted molar refractivity (Wildman–Crippen MR) is 105 cm³/mol. The van der Waals surface area contributed by atoms with E-state index in [2.05, 4.69) is 4.98 Å². The molecule has 0 unspecified atom stereocenters. The number of hydrogen-bond donors (Lipinski definition) is 1. The average Bonchev–Trinajstić information content (AvgIpc) is 2.55. The Morgan fingerprint density at radius 3 is 2.36 bits per heavy atom. The van der Waals surface area contributed by atoms with E-state index in [4.69, 9.17) is 40.5 Å². The van der Waals surface area contributed by atoms with Crippen LogP contribution in [0.1, 0.15) is 5.56 Å². The topological polar surface area (TPSA) is 60.9 Å². The molecular weight excluding hydrogens is 401 g/mol. The van der Waals surface area contributed by atoms with Crippen LogP contribution < -0.4 is 11.3 Å². The maximum Gasteiger partial charge on any atom is 0.275 e. The normalized spacial score (nSPS) is 10.8. The number of nitrogen functional groups attached to an aromatic ring is 1. The molecule has 25 heavy (non-hydrogen) atoms. The SMILES string of the molecule is Nc1cc(=O)nc(SCc2ccc(Cl)cc2Cl)n1-c1ccc(Cl)cc1. The molecule has 0 aliphatic heterocycles. The fourth-order valence-electron chi connectivity index (χ4n) is 2.21. The molecule has 8 heteroatoms. The predicted octanol–water partition coefficient (Wildman–Crippen LogP) is 5.07. The van der Waals surface area contributed by atoms with Crippen LogP contribution in [0, 0.1) is 0 Å². The Hall–Kier alpha value is -1.66. The molecular formula is C17H12Cl3N3OS. The minimum atomic E-state index is -0.396. The van der Waals surface area contributed by atoms with Gasteiger partial charge in [0.15, 0.2) is 5.16 Å².